The number of piperidine rings is 1. The normalized spacial score (nSPS) is 18.2. The fourth-order valence-corrected chi connectivity index (χ4v) is 2.36. The van der Waals surface area contributed by atoms with Gasteiger partial charge < -0.3 is 20.1 Å². The van der Waals surface area contributed by atoms with Crippen molar-refractivity contribution in [3.05, 3.63) is 0 Å². The van der Waals surface area contributed by atoms with Crippen LogP contribution in [-0.2, 0) is 14.3 Å². The Morgan fingerprint density at radius 1 is 1.47 bits per heavy atom. The molecule has 1 aliphatic heterocycles. The number of aliphatic hydroxyl groups is 1. The average Bonchev–Trinajstić information content (AvgIpc) is 2.42. The zero-order valence-corrected chi connectivity index (χ0v) is 12.1. The minimum Gasteiger partial charge on any atom is -0.394 e. The number of carbonyl (C=O) groups is 2. The summed E-state index contributed by atoms with van der Waals surface area (Å²) in [4.78, 5) is 24.9. The number of carbonyl (C=O) groups excluding carboxylic acids is 2. The van der Waals surface area contributed by atoms with E-state index in [1.807, 2.05) is 0 Å². The second kappa shape index (κ2) is 8.39. The van der Waals surface area contributed by atoms with Crippen LogP contribution < -0.4 is 5.32 Å². The van der Waals surface area contributed by atoms with Crippen LogP contribution in [0.5, 0.6) is 0 Å². The van der Waals surface area contributed by atoms with Crippen molar-refractivity contribution in [2.75, 3.05) is 32.1 Å². The molecular weight excluding hydrogens is 268 g/mol. The van der Waals surface area contributed by atoms with E-state index in [1.165, 1.54) is 6.92 Å². The number of amides is 2. The number of ether oxygens (including phenoxy) is 1. The SMILES string of the molecule is CC(=O)NC(CS)C(=O)N1CCC(OCCO)CC1. The van der Waals surface area contributed by atoms with Crippen molar-refractivity contribution in [2.45, 2.75) is 31.9 Å². The Morgan fingerprint density at radius 2 is 2.11 bits per heavy atom. The maximum absolute atomic E-state index is 12.2. The fraction of sp³-hybridized carbons (Fsp3) is 0.833. The molecule has 1 atom stereocenters. The molecule has 2 amide bonds. The predicted octanol–water partition coefficient (Wildman–Crippen LogP) is -0.579. The molecular formula is C12H22N2O4S. The first-order valence-electron chi connectivity index (χ1n) is 6.47. The van der Waals surface area contributed by atoms with E-state index in [0.717, 1.165) is 12.8 Å². The van der Waals surface area contributed by atoms with Gasteiger partial charge in [0.25, 0.3) is 0 Å². The smallest absolute Gasteiger partial charge is 0.245 e. The highest BCUT2D eigenvalue weighted by molar-refractivity contribution is 7.80. The largest absolute Gasteiger partial charge is 0.394 e. The number of rotatable bonds is 6. The highest BCUT2D eigenvalue weighted by Crippen LogP contribution is 2.14. The highest BCUT2D eigenvalue weighted by atomic mass is 32.1. The molecule has 0 aromatic rings. The van der Waals surface area contributed by atoms with Crippen molar-refractivity contribution < 1.29 is 19.4 Å². The van der Waals surface area contributed by atoms with Gasteiger partial charge in [0.1, 0.15) is 6.04 Å². The lowest BCUT2D eigenvalue weighted by atomic mass is 10.1. The molecule has 0 aromatic heterocycles. The number of likely N-dealkylation sites (tertiary alicyclic amines) is 1. The lowest BCUT2D eigenvalue weighted by Gasteiger charge is -2.33. The van der Waals surface area contributed by atoms with Crippen LogP contribution in [0.25, 0.3) is 0 Å². The molecule has 0 saturated carbocycles. The molecule has 7 heteroatoms. The van der Waals surface area contributed by atoms with Gasteiger partial charge in [0.2, 0.25) is 11.8 Å². The standard InChI is InChI=1S/C12H22N2O4S/c1-9(16)13-11(8-19)12(17)14-4-2-10(3-5-14)18-7-6-15/h10-11,15,19H,2-8H2,1H3,(H,13,16). The second-order valence-electron chi connectivity index (χ2n) is 4.55. The molecule has 0 radical (unpaired) electrons. The Balaban J connectivity index is 2.40. The van der Waals surface area contributed by atoms with E-state index >= 15 is 0 Å². The highest BCUT2D eigenvalue weighted by Gasteiger charge is 2.28. The molecule has 1 rings (SSSR count). The number of aliphatic hydroxyl groups excluding tert-OH is 1. The molecule has 0 aromatic carbocycles. The predicted molar refractivity (Wildman–Crippen MR) is 74.1 cm³/mol. The van der Waals surface area contributed by atoms with Crippen molar-refractivity contribution in [3.63, 3.8) is 0 Å². The summed E-state index contributed by atoms with van der Waals surface area (Å²) in [5, 5.41) is 11.3. The van der Waals surface area contributed by atoms with Gasteiger partial charge in [-0.3, -0.25) is 9.59 Å². The van der Waals surface area contributed by atoms with Crippen molar-refractivity contribution >= 4 is 24.4 Å². The van der Waals surface area contributed by atoms with Crippen LogP contribution in [-0.4, -0.2) is 66.0 Å². The van der Waals surface area contributed by atoms with Gasteiger partial charge in [-0.2, -0.15) is 12.6 Å². The Bertz CT molecular complexity index is 306. The summed E-state index contributed by atoms with van der Waals surface area (Å²) in [5.74, 6) is -0.0290. The van der Waals surface area contributed by atoms with Gasteiger partial charge in [-0.1, -0.05) is 0 Å². The Labute approximate surface area is 118 Å². The summed E-state index contributed by atoms with van der Waals surface area (Å²) in [6.45, 7) is 2.96. The number of hydrogen-bond acceptors (Lipinski definition) is 5. The third-order valence-corrected chi connectivity index (χ3v) is 3.42. The van der Waals surface area contributed by atoms with Crippen LogP contribution in [0, 0.1) is 0 Å². The summed E-state index contributed by atoms with van der Waals surface area (Å²) in [6.07, 6.45) is 1.61. The third kappa shape index (κ3) is 5.38. The molecule has 0 aliphatic carbocycles. The van der Waals surface area contributed by atoms with Crippen LogP contribution in [0.3, 0.4) is 0 Å². The summed E-state index contributed by atoms with van der Waals surface area (Å²) in [5.41, 5.74) is 0. The van der Waals surface area contributed by atoms with Gasteiger partial charge in [-0.05, 0) is 12.8 Å². The zero-order chi connectivity index (χ0) is 14.3. The lowest BCUT2D eigenvalue weighted by molar-refractivity contribution is -0.137. The molecule has 2 N–H and O–H groups in total. The molecule has 1 aliphatic rings. The maximum Gasteiger partial charge on any atom is 0.245 e. The number of hydrogen-bond donors (Lipinski definition) is 3. The van der Waals surface area contributed by atoms with Crippen molar-refractivity contribution in [1.29, 1.82) is 0 Å². The topological polar surface area (TPSA) is 78.9 Å². The first kappa shape index (κ1) is 16.3. The monoisotopic (exact) mass is 290 g/mol. The molecule has 1 saturated heterocycles. The Kier molecular flexibility index (Phi) is 7.19. The van der Waals surface area contributed by atoms with E-state index in [4.69, 9.17) is 9.84 Å². The Hall–Kier alpha value is -0.790. The summed E-state index contributed by atoms with van der Waals surface area (Å²) in [7, 11) is 0. The van der Waals surface area contributed by atoms with Gasteiger partial charge >= 0.3 is 0 Å². The first-order valence-corrected chi connectivity index (χ1v) is 7.11. The Morgan fingerprint density at radius 3 is 2.58 bits per heavy atom. The molecule has 1 heterocycles. The van der Waals surface area contributed by atoms with Gasteiger partial charge in [-0.25, -0.2) is 0 Å². The van der Waals surface area contributed by atoms with Crippen molar-refractivity contribution in [3.8, 4) is 0 Å². The zero-order valence-electron chi connectivity index (χ0n) is 11.2. The molecule has 19 heavy (non-hydrogen) atoms. The second-order valence-corrected chi connectivity index (χ2v) is 4.92. The minimum absolute atomic E-state index is 0.0173. The van der Waals surface area contributed by atoms with Gasteiger partial charge in [-0.15, -0.1) is 0 Å². The van der Waals surface area contributed by atoms with Crippen LogP contribution in [0.1, 0.15) is 19.8 Å². The molecule has 6 nitrogen and oxygen atoms in total. The van der Waals surface area contributed by atoms with E-state index in [0.29, 0.717) is 25.4 Å². The van der Waals surface area contributed by atoms with Crippen molar-refractivity contribution in [1.82, 2.24) is 10.2 Å². The molecule has 0 spiro atoms. The molecule has 1 fully saturated rings. The third-order valence-electron chi connectivity index (χ3n) is 3.06. The maximum atomic E-state index is 12.2. The van der Waals surface area contributed by atoms with E-state index < -0.39 is 6.04 Å². The van der Waals surface area contributed by atoms with Crippen molar-refractivity contribution in [2.24, 2.45) is 0 Å². The van der Waals surface area contributed by atoms with E-state index in [-0.39, 0.29) is 24.5 Å². The van der Waals surface area contributed by atoms with Gasteiger partial charge in [0, 0.05) is 25.8 Å². The minimum atomic E-state index is -0.559. The van der Waals surface area contributed by atoms with Crippen LogP contribution in [0.15, 0.2) is 0 Å². The lowest BCUT2D eigenvalue weighted by Crippen LogP contribution is -2.52. The van der Waals surface area contributed by atoms with E-state index in [9.17, 15) is 9.59 Å². The summed E-state index contributed by atoms with van der Waals surface area (Å²) >= 11 is 4.10. The fourth-order valence-electron chi connectivity index (χ4n) is 2.11. The van der Waals surface area contributed by atoms with E-state index in [1.54, 1.807) is 4.90 Å². The first-order chi connectivity index (χ1) is 9.08. The average molecular weight is 290 g/mol. The van der Waals surface area contributed by atoms with Gasteiger partial charge in [0.05, 0.1) is 19.3 Å². The van der Waals surface area contributed by atoms with Crippen LogP contribution in [0.4, 0.5) is 0 Å². The van der Waals surface area contributed by atoms with Gasteiger partial charge in [0.15, 0.2) is 0 Å². The summed E-state index contributed by atoms with van der Waals surface area (Å²) < 4.78 is 5.44. The quantitative estimate of drug-likeness (QED) is 0.572. The van der Waals surface area contributed by atoms with E-state index in [2.05, 4.69) is 17.9 Å². The number of nitrogens with one attached hydrogen (secondary N) is 1. The number of nitrogens with zero attached hydrogens (tertiary/aromatic N) is 1. The molecule has 110 valence electrons. The molecule has 0 bridgehead atoms. The molecule has 1 unspecified atom stereocenters. The van der Waals surface area contributed by atoms with Crippen LogP contribution in [0.2, 0.25) is 0 Å². The number of thiol groups is 1. The van der Waals surface area contributed by atoms with Crippen LogP contribution >= 0.6 is 12.6 Å². The summed E-state index contributed by atoms with van der Waals surface area (Å²) in [6, 6.07) is -0.559.